The highest BCUT2D eigenvalue weighted by molar-refractivity contribution is 7.89. The summed E-state index contributed by atoms with van der Waals surface area (Å²) in [5, 5.41) is 0. The minimum atomic E-state index is -4.75. The number of sulfonamides is 1. The lowest BCUT2D eigenvalue weighted by Crippen LogP contribution is -2.29. The van der Waals surface area contributed by atoms with E-state index in [9.17, 15) is 21.6 Å². The fourth-order valence-corrected chi connectivity index (χ4v) is 1.67. The summed E-state index contributed by atoms with van der Waals surface area (Å²) < 4.78 is 60.8. The minimum absolute atomic E-state index is 0.0759. The Morgan fingerprint density at radius 3 is 2.63 bits per heavy atom. The molecular weight excluding hydrogens is 281 g/mol. The Morgan fingerprint density at radius 1 is 1.37 bits per heavy atom. The molecule has 3 N–H and O–H groups in total. The molecule has 0 saturated carbocycles. The summed E-state index contributed by atoms with van der Waals surface area (Å²) in [5.74, 6) is 0.891. The first-order chi connectivity index (χ1) is 8.86. The van der Waals surface area contributed by atoms with Crippen LogP contribution in [0.15, 0.2) is 18.2 Å². The number of hydrogen-bond acceptors (Lipinski definition) is 3. The van der Waals surface area contributed by atoms with Gasteiger partial charge in [0.15, 0.2) is 0 Å². The molecule has 1 rings (SSSR count). The number of benzene rings is 1. The van der Waals surface area contributed by atoms with Gasteiger partial charge in [0.05, 0.1) is 6.54 Å². The van der Waals surface area contributed by atoms with Gasteiger partial charge < -0.3 is 5.73 Å². The van der Waals surface area contributed by atoms with Crippen LogP contribution in [0, 0.1) is 17.7 Å². The van der Waals surface area contributed by atoms with E-state index < -0.39 is 28.1 Å². The zero-order valence-corrected chi connectivity index (χ0v) is 10.5. The van der Waals surface area contributed by atoms with Crippen molar-refractivity contribution in [1.29, 1.82) is 0 Å². The molecule has 0 bridgehead atoms. The zero-order chi connectivity index (χ0) is 14.5. The molecule has 8 heteroatoms. The molecule has 0 radical (unpaired) electrons. The molecule has 104 valence electrons. The number of hydrogen-bond donors (Lipinski definition) is 2. The molecule has 0 aliphatic carbocycles. The summed E-state index contributed by atoms with van der Waals surface area (Å²) in [6.45, 7) is -0.457. The molecule has 0 aliphatic heterocycles. The van der Waals surface area contributed by atoms with E-state index in [-0.39, 0.29) is 12.1 Å². The molecule has 0 amide bonds. The van der Waals surface area contributed by atoms with Crippen LogP contribution in [-0.4, -0.2) is 20.7 Å². The third-order valence-electron chi connectivity index (χ3n) is 2.08. The van der Waals surface area contributed by atoms with Gasteiger partial charge in [-0.15, -0.1) is 0 Å². The average Bonchev–Trinajstić information content (AvgIpc) is 2.36. The van der Waals surface area contributed by atoms with E-state index in [0.717, 1.165) is 6.07 Å². The first kappa shape index (κ1) is 15.5. The lowest BCUT2D eigenvalue weighted by atomic mass is 10.1. The van der Waals surface area contributed by atoms with Crippen molar-refractivity contribution in [3.05, 3.63) is 35.1 Å². The summed E-state index contributed by atoms with van der Waals surface area (Å²) in [5.41, 5.74) is 5.51. The van der Waals surface area contributed by atoms with Gasteiger partial charge in [0.2, 0.25) is 0 Å². The Labute approximate surface area is 108 Å². The molecule has 1 aromatic carbocycles. The molecule has 0 unspecified atom stereocenters. The SMILES string of the molecule is NCC#Cc1ccc(F)c(CNS(=O)(=O)C(F)F)c1. The highest BCUT2D eigenvalue weighted by Gasteiger charge is 2.23. The van der Waals surface area contributed by atoms with Crippen LogP contribution < -0.4 is 10.5 Å². The van der Waals surface area contributed by atoms with Crippen LogP contribution in [-0.2, 0) is 16.6 Å². The minimum Gasteiger partial charge on any atom is -0.320 e. The third kappa shape index (κ3) is 4.55. The maximum atomic E-state index is 13.4. The normalized spacial score (nSPS) is 11.2. The van der Waals surface area contributed by atoms with E-state index in [1.165, 1.54) is 12.1 Å². The van der Waals surface area contributed by atoms with E-state index in [1.54, 1.807) is 4.72 Å². The van der Waals surface area contributed by atoms with Crippen molar-refractivity contribution in [3.63, 3.8) is 0 Å². The molecule has 4 nitrogen and oxygen atoms in total. The maximum absolute atomic E-state index is 13.4. The highest BCUT2D eigenvalue weighted by atomic mass is 32.2. The fourth-order valence-electron chi connectivity index (χ4n) is 1.18. The largest absolute Gasteiger partial charge is 0.350 e. The van der Waals surface area contributed by atoms with E-state index in [4.69, 9.17) is 5.73 Å². The van der Waals surface area contributed by atoms with Crippen molar-refractivity contribution >= 4 is 10.0 Å². The van der Waals surface area contributed by atoms with Gasteiger partial charge in [-0.25, -0.2) is 17.5 Å². The smallest absolute Gasteiger partial charge is 0.320 e. The van der Waals surface area contributed by atoms with Gasteiger partial charge in [-0.3, -0.25) is 0 Å². The maximum Gasteiger partial charge on any atom is 0.350 e. The zero-order valence-electron chi connectivity index (χ0n) is 9.66. The van der Waals surface area contributed by atoms with Gasteiger partial charge in [0.25, 0.3) is 10.0 Å². The molecule has 0 atom stereocenters. The van der Waals surface area contributed by atoms with Gasteiger partial charge in [0.1, 0.15) is 5.82 Å². The number of rotatable bonds is 4. The number of nitrogens with one attached hydrogen (secondary N) is 1. The molecule has 0 spiro atoms. The van der Waals surface area contributed by atoms with Crippen LogP contribution in [0.1, 0.15) is 11.1 Å². The first-order valence-electron chi connectivity index (χ1n) is 5.11. The summed E-state index contributed by atoms with van der Waals surface area (Å²) in [6, 6.07) is 3.72. The predicted molar refractivity (Wildman–Crippen MR) is 64.1 cm³/mol. The fraction of sp³-hybridized carbons (Fsp3) is 0.273. The van der Waals surface area contributed by atoms with Gasteiger partial charge in [-0.2, -0.15) is 8.78 Å². The molecule has 0 fully saturated rings. The van der Waals surface area contributed by atoms with Crippen molar-refractivity contribution in [2.75, 3.05) is 6.54 Å². The molecule has 19 heavy (non-hydrogen) atoms. The summed E-state index contributed by atoms with van der Waals surface area (Å²) in [6.07, 6.45) is 0. The van der Waals surface area contributed by atoms with Crippen molar-refractivity contribution in [2.45, 2.75) is 12.3 Å². The van der Waals surface area contributed by atoms with Crippen LogP contribution in [0.5, 0.6) is 0 Å². The van der Waals surface area contributed by atoms with Crippen LogP contribution in [0.4, 0.5) is 13.2 Å². The van der Waals surface area contributed by atoms with E-state index in [0.29, 0.717) is 5.56 Å². The number of nitrogens with two attached hydrogens (primary N) is 1. The molecular formula is C11H11F3N2O2S. The second kappa shape index (κ2) is 6.56. The Hall–Kier alpha value is -1.56. The second-order valence-electron chi connectivity index (χ2n) is 3.44. The van der Waals surface area contributed by atoms with Crippen molar-refractivity contribution in [1.82, 2.24) is 4.72 Å². The van der Waals surface area contributed by atoms with Crippen LogP contribution in [0.2, 0.25) is 0 Å². The van der Waals surface area contributed by atoms with Crippen molar-refractivity contribution in [2.24, 2.45) is 5.73 Å². The Bertz CT molecular complexity index is 606. The molecule has 0 aromatic heterocycles. The number of alkyl halides is 2. The van der Waals surface area contributed by atoms with Gasteiger partial charge in [-0.1, -0.05) is 11.8 Å². The quantitative estimate of drug-likeness (QED) is 0.806. The Morgan fingerprint density at radius 2 is 2.05 bits per heavy atom. The Balaban J connectivity index is 2.89. The van der Waals surface area contributed by atoms with Gasteiger partial charge >= 0.3 is 5.76 Å². The predicted octanol–water partition coefficient (Wildman–Crippen LogP) is 0.778. The van der Waals surface area contributed by atoms with Crippen LogP contribution in [0.3, 0.4) is 0 Å². The standard InChI is InChI=1S/C11H11F3N2O2S/c12-10-4-3-8(2-1-5-15)6-9(10)7-16-19(17,18)11(13)14/h3-4,6,11,16H,5,7,15H2. The van der Waals surface area contributed by atoms with Crippen molar-refractivity contribution in [3.8, 4) is 11.8 Å². The van der Waals surface area contributed by atoms with Crippen LogP contribution in [0.25, 0.3) is 0 Å². The second-order valence-corrected chi connectivity index (χ2v) is 5.17. The molecule has 0 aliphatic rings. The summed E-state index contributed by atoms with van der Waals surface area (Å²) in [7, 11) is -4.75. The van der Waals surface area contributed by atoms with Gasteiger partial charge in [0, 0.05) is 17.7 Å². The van der Waals surface area contributed by atoms with E-state index in [2.05, 4.69) is 11.8 Å². The third-order valence-corrected chi connectivity index (χ3v) is 3.09. The summed E-state index contributed by atoms with van der Waals surface area (Å²) in [4.78, 5) is 0. The van der Waals surface area contributed by atoms with Crippen molar-refractivity contribution < 1.29 is 21.6 Å². The molecule has 0 saturated heterocycles. The molecule has 1 aromatic rings. The lowest BCUT2D eigenvalue weighted by Gasteiger charge is -2.07. The lowest BCUT2D eigenvalue weighted by molar-refractivity contribution is 0.232. The van der Waals surface area contributed by atoms with Crippen LogP contribution >= 0.6 is 0 Å². The van der Waals surface area contributed by atoms with E-state index >= 15 is 0 Å². The molecule has 0 heterocycles. The summed E-state index contributed by atoms with van der Waals surface area (Å²) >= 11 is 0. The average molecular weight is 292 g/mol. The van der Waals surface area contributed by atoms with E-state index in [1.807, 2.05) is 0 Å². The Kier molecular flexibility index (Phi) is 5.35. The number of halogens is 3. The van der Waals surface area contributed by atoms with Gasteiger partial charge in [-0.05, 0) is 18.2 Å². The highest BCUT2D eigenvalue weighted by Crippen LogP contribution is 2.11. The first-order valence-corrected chi connectivity index (χ1v) is 6.65. The monoisotopic (exact) mass is 292 g/mol. The topological polar surface area (TPSA) is 72.2 Å².